The fraction of sp³-hybridized carbons (Fsp3) is 0.737. The van der Waals surface area contributed by atoms with Gasteiger partial charge in [-0.15, -0.1) is 0 Å². The molecule has 9 heteroatoms. The van der Waals surface area contributed by atoms with Gasteiger partial charge in [0, 0.05) is 13.1 Å². The number of hydrogen-bond acceptors (Lipinski definition) is 6. The van der Waals surface area contributed by atoms with Gasteiger partial charge in [-0.25, -0.2) is 4.79 Å². The van der Waals surface area contributed by atoms with Crippen molar-refractivity contribution in [2.45, 2.75) is 70.6 Å². The van der Waals surface area contributed by atoms with E-state index in [1.54, 1.807) is 13.8 Å². The lowest BCUT2D eigenvalue weighted by molar-refractivity contribution is -0.141. The van der Waals surface area contributed by atoms with Crippen LogP contribution in [0.25, 0.3) is 0 Å². The van der Waals surface area contributed by atoms with E-state index in [9.17, 15) is 14.7 Å². The predicted molar refractivity (Wildman–Crippen MR) is 102 cm³/mol. The molecule has 9 nitrogen and oxygen atoms in total. The second-order valence-electron chi connectivity index (χ2n) is 7.61. The number of anilines is 1. The molecule has 0 unspecified atom stereocenters. The minimum atomic E-state index is -0.539. The number of carbonyl (C=O) groups is 2. The number of piperidine rings is 1. The fourth-order valence-electron chi connectivity index (χ4n) is 3.89. The quantitative estimate of drug-likeness (QED) is 0.700. The summed E-state index contributed by atoms with van der Waals surface area (Å²) in [5.41, 5.74) is 1.14. The van der Waals surface area contributed by atoms with E-state index < -0.39 is 12.1 Å². The Bertz CT molecular complexity index is 666. The van der Waals surface area contributed by atoms with Crippen LogP contribution in [0, 0.1) is 13.8 Å². The van der Waals surface area contributed by atoms with Crippen molar-refractivity contribution in [3.05, 3.63) is 11.5 Å². The van der Waals surface area contributed by atoms with Crippen LogP contribution in [-0.4, -0.2) is 65.0 Å². The molecule has 3 heterocycles. The second kappa shape index (κ2) is 9.38. The predicted octanol–water partition coefficient (Wildman–Crippen LogP) is 1.72. The van der Waals surface area contributed by atoms with Gasteiger partial charge < -0.3 is 29.9 Å². The molecule has 2 aliphatic rings. The number of likely N-dealkylation sites (tertiary alicyclic amines) is 1. The molecule has 3 atom stereocenters. The largest absolute Gasteiger partial charge is 0.394 e. The maximum atomic E-state index is 12.5. The summed E-state index contributed by atoms with van der Waals surface area (Å²) in [5.74, 6) is 0.645. The normalized spacial score (nSPS) is 25.4. The first-order valence-corrected chi connectivity index (χ1v) is 10.0. The van der Waals surface area contributed by atoms with Crippen LogP contribution < -0.4 is 10.6 Å². The smallest absolute Gasteiger partial charge is 0.319 e. The molecule has 3 N–H and O–H groups in total. The molecule has 0 aliphatic carbocycles. The van der Waals surface area contributed by atoms with Crippen LogP contribution in [0.1, 0.15) is 50.0 Å². The average molecular weight is 394 g/mol. The Hall–Kier alpha value is -2.13. The molecule has 2 saturated heterocycles. The van der Waals surface area contributed by atoms with Gasteiger partial charge in [0.15, 0.2) is 5.76 Å². The van der Waals surface area contributed by atoms with Crippen molar-refractivity contribution in [1.82, 2.24) is 15.4 Å². The van der Waals surface area contributed by atoms with Gasteiger partial charge >= 0.3 is 6.03 Å². The topological polar surface area (TPSA) is 117 Å². The summed E-state index contributed by atoms with van der Waals surface area (Å²) in [5, 5.41) is 19.1. The first-order valence-electron chi connectivity index (χ1n) is 10.0. The Balaban J connectivity index is 1.50. The van der Waals surface area contributed by atoms with Crippen LogP contribution in [0.3, 0.4) is 0 Å². The number of aryl methyl sites for hydroxylation is 2. The lowest BCUT2D eigenvalue weighted by atomic mass is 9.96. The van der Waals surface area contributed by atoms with Crippen molar-refractivity contribution in [2.75, 3.05) is 25.0 Å². The molecule has 0 saturated carbocycles. The molecule has 0 bridgehead atoms. The van der Waals surface area contributed by atoms with Crippen molar-refractivity contribution in [2.24, 2.45) is 0 Å². The molecule has 2 aliphatic heterocycles. The number of hydrogen-bond donors (Lipinski definition) is 3. The van der Waals surface area contributed by atoms with Gasteiger partial charge in [0.05, 0.1) is 25.2 Å². The van der Waals surface area contributed by atoms with Crippen LogP contribution in [0.4, 0.5) is 10.5 Å². The number of rotatable bonds is 5. The van der Waals surface area contributed by atoms with E-state index in [2.05, 4.69) is 15.8 Å². The molecule has 156 valence electrons. The van der Waals surface area contributed by atoms with E-state index in [1.807, 2.05) is 4.90 Å². The summed E-state index contributed by atoms with van der Waals surface area (Å²) in [6.07, 6.45) is 4.16. The molecule has 2 fully saturated rings. The molecule has 0 aromatic carbocycles. The highest BCUT2D eigenvalue weighted by Gasteiger charge is 2.34. The third-order valence-corrected chi connectivity index (χ3v) is 5.50. The standard InChI is InChI=1S/C19H30N4O5/c1-12-18(13(2)28-22-12)21-19(26)20-15-7-6-14(27-16(15)11-24)10-17(25)23-8-4-3-5-9-23/h14-16,24H,3-11H2,1-2H3,(H2,20,21,26)/t14-,15-,16-/m0/s1. The minimum absolute atomic E-state index is 0.115. The zero-order chi connectivity index (χ0) is 20.1. The van der Waals surface area contributed by atoms with Crippen LogP contribution >= 0.6 is 0 Å². The van der Waals surface area contributed by atoms with Crippen molar-refractivity contribution >= 4 is 17.6 Å². The van der Waals surface area contributed by atoms with Crippen LogP contribution in [0.5, 0.6) is 0 Å². The van der Waals surface area contributed by atoms with Crippen molar-refractivity contribution in [3.8, 4) is 0 Å². The summed E-state index contributed by atoms with van der Waals surface area (Å²) in [4.78, 5) is 26.7. The van der Waals surface area contributed by atoms with Crippen LogP contribution in [0.2, 0.25) is 0 Å². The van der Waals surface area contributed by atoms with E-state index in [4.69, 9.17) is 9.26 Å². The number of carbonyl (C=O) groups excluding carboxylic acids is 2. The zero-order valence-electron chi connectivity index (χ0n) is 16.6. The van der Waals surface area contributed by atoms with E-state index in [0.29, 0.717) is 36.4 Å². The fourth-order valence-corrected chi connectivity index (χ4v) is 3.89. The number of aliphatic hydroxyl groups excluding tert-OH is 1. The Morgan fingerprint density at radius 3 is 2.61 bits per heavy atom. The van der Waals surface area contributed by atoms with Gasteiger partial charge in [0.1, 0.15) is 17.5 Å². The number of aromatic nitrogens is 1. The molecular formula is C19H30N4O5. The summed E-state index contributed by atoms with van der Waals surface area (Å²) in [7, 11) is 0. The van der Waals surface area contributed by atoms with E-state index in [-0.39, 0.29) is 24.7 Å². The maximum absolute atomic E-state index is 12.5. The number of nitrogens with zero attached hydrogens (tertiary/aromatic N) is 2. The molecule has 0 spiro atoms. The van der Waals surface area contributed by atoms with Crippen molar-refractivity contribution < 1.29 is 24.0 Å². The summed E-state index contributed by atoms with van der Waals surface area (Å²) >= 11 is 0. The highest BCUT2D eigenvalue weighted by Crippen LogP contribution is 2.24. The molecule has 0 radical (unpaired) electrons. The van der Waals surface area contributed by atoms with Crippen molar-refractivity contribution in [1.29, 1.82) is 0 Å². The van der Waals surface area contributed by atoms with Crippen LogP contribution in [-0.2, 0) is 9.53 Å². The molecular weight excluding hydrogens is 364 g/mol. The first-order chi connectivity index (χ1) is 13.5. The summed E-state index contributed by atoms with van der Waals surface area (Å²) < 4.78 is 11.0. The molecule has 28 heavy (non-hydrogen) atoms. The maximum Gasteiger partial charge on any atom is 0.319 e. The first kappa shape index (κ1) is 20.6. The lowest BCUT2D eigenvalue weighted by Crippen LogP contribution is -2.52. The summed E-state index contributed by atoms with van der Waals surface area (Å²) in [6.45, 7) is 4.89. The van der Waals surface area contributed by atoms with E-state index >= 15 is 0 Å². The van der Waals surface area contributed by atoms with E-state index in [1.165, 1.54) is 6.42 Å². The number of ether oxygens (including phenoxy) is 1. The molecule has 3 rings (SSSR count). The SMILES string of the molecule is Cc1noc(C)c1NC(=O)N[C@H]1CC[C@@H](CC(=O)N2CCCCC2)O[C@H]1CO. The van der Waals surface area contributed by atoms with Gasteiger partial charge in [-0.2, -0.15) is 0 Å². The number of aliphatic hydroxyl groups is 1. The number of urea groups is 1. The third-order valence-electron chi connectivity index (χ3n) is 5.50. The van der Waals surface area contributed by atoms with Gasteiger partial charge in [0.2, 0.25) is 5.91 Å². The molecule has 1 aromatic heterocycles. The highest BCUT2D eigenvalue weighted by molar-refractivity contribution is 5.90. The lowest BCUT2D eigenvalue weighted by Gasteiger charge is -2.37. The second-order valence-corrected chi connectivity index (χ2v) is 7.61. The van der Waals surface area contributed by atoms with Gasteiger partial charge in [-0.1, -0.05) is 5.16 Å². The Morgan fingerprint density at radius 1 is 1.21 bits per heavy atom. The number of amides is 3. The Kier molecular flexibility index (Phi) is 6.90. The number of nitrogens with one attached hydrogen (secondary N) is 2. The summed E-state index contributed by atoms with van der Waals surface area (Å²) in [6, 6.07) is -0.726. The molecule has 3 amide bonds. The van der Waals surface area contributed by atoms with Crippen LogP contribution in [0.15, 0.2) is 4.52 Å². The van der Waals surface area contributed by atoms with Crippen molar-refractivity contribution in [3.63, 3.8) is 0 Å². The molecule has 1 aromatic rings. The zero-order valence-corrected chi connectivity index (χ0v) is 16.6. The van der Waals surface area contributed by atoms with Gasteiger partial charge in [-0.05, 0) is 46.0 Å². The third kappa shape index (κ3) is 5.02. The highest BCUT2D eigenvalue weighted by atomic mass is 16.5. The average Bonchev–Trinajstić information content (AvgIpc) is 3.01. The Labute approximate surface area is 164 Å². The monoisotopic (exact) mass is 394 g/mol. The van der Waals surface area contributed by atoms with E-state index in [0.717, 1.165) is 25.9 Å². The minimum Gasteiger partial charge on any atom is -0.394 e. The van der Waals surface area contributed by atoms with Gasteiger partial charge in [-0.3, -0.25) is 4.79 Å². The van der Waals surface area contributed by atoms with Gasteiger partial charge in [0.25, 0.3) is 0 Å². The Morgan fingerprint density at radius 2 is 1.96 bits per heavy atom.